The summed E-state index contributed by atoms with van der Waals surface area (Å²) >= 11 is 1.60. The molecular weight excluding hydrogens is 347 g/mol. The number of nitrogens with one attached hydrogen (secondary N) is 1. The van der Waals surface area contributed by atoms with Crippen LogP contribution in [-0.2, 0) is 6.42 Å². The summed E-state index contributed by atoms with van der Waals surface area (Å²) in [6.45, 7) is 7.05. The maximum atomic E-state index is 13.3. The molecule has 2 aromatic rings. The van der Waals surface area contributed by atoms with E-state index in [0.29, 0.717) is 18.0 Å². The molecule has 0 aliphatic carbocycles. The fraction of sp³-hybridized carbons (Fsp3) is 0.429. The van der Waals surface area contributed by atoms with Crippen LogP contribution in [0.5, 0.6) is 0 Å². The van der Waals surface area contributed by atoms with E-state index in [0.717, 1.165) is 29.9 Å². The lowest BCUT2D eigenvalue weighted by molar-refractivity contribution is 0.0948. The molecule has 1 aromatic heterocycles. The van der Waals surface area contributed by atoms with Crippen LogP contribution in [0.1, 0.15) is 49.5 Å². The van der Waals surface area contributed by atoms with Gasteiger partial charge < -0.3 is 5.32 Å². The number of benzene rings is 1. The summed E-state index contributed by atoms with van der Waals surface area (Å²) in [4.78, 5) is 16.8. The average Bonchev–Trinajstić information content (AvgIpc) is 2.60. The number of carbonyl (C=O) groups is 1. The van der Waals surface area contributed by atoms with Gasteiger partial charge in [0.05, 0.1) is 5.56 Å². The summed E-state index contributed by atoms with van der Waals surface area (Å²) in [5.41, 5.74) is 1.61. The second-order valence-electron chi connectivity index (χ2n) is 6.89. The molecule has 1 N–H and O–H groups in total. The Balaban J connectivity index is 1.92. The topological polar surface area (TPSA) is 42.0 Å². The van der Waals surface area contributed by atoms with Crippen LogP contribution in [0.2, 0.25) is 0 Å². The highest BCUT2D eigenvalue weighted by Crippen LogP contribution is 2.27. The van der Waals surface area contributed by atoms with Crippen molar-refractivity contribution < 1.29 is 9.18 Å². The van der Waals surface area contributed by atoms with Crippen molar-refractivity contribution >= 4 is 17.7 Å². The third kappa shape index (κ3) is 6.79. The first kappa shape index (κ1) is 20.4. The predicted molar refractivity (Wildman–Crippen MR) is 106 cm³/mol. The summed E-state index contributed by atoms with van der Waals surface area (Å²) in [6, 6.07) is 10.3. The lowest BCUT2D eigenvalue weighted by atomic mass is 10.1. The van der Waals surface area contributed by atoms with Crippen molar-refractivity contribution in [3.05, 3.63) is 59.5 Å². The first-order chi connectivity index (χ1) is 12.5. The second kappa shape index (κ2) is 10.3. The van der Waals surface area contributed by atoms with E-state index >= 15 is 0 Å². The van der Waals surface area contributed by atoms with Crippen LogP contribution in [0.3, 0.4) is 0 Å². The van der Waals surface area contributed by atoms with Gasteiger partial charge in [0.15, 0.2) is 0 Å². The lowest BCUT2D eigenvalue weighted by Gasteiger charge is -2.14. The molecule has 0 saturated heterocycles. The van der Waals surface area contributed by atoms with Crippen LogP contribution in [0.4, 0.5) is 4.39 Å². The first-order valence-corrected chi connectivity index (χ1v) is 9.98. The van der Waals surface area contributed by atoms with E-state index in [9.17, 15) is 9.18 Å². The standard InChI is InChI=1S/C21H27FN2OS/c1-15(2)11-13-23-20(25)19-8-5-12-24-21(19)26-16(3)9-10-17-6-4-7-18(22)14-17/h4-8,12,14-16H,9-11,13H2,1-3H3,(H,23,25). The van der Waals surface area contributed by atoms with Gasteiger partial charge in [-0.15, -0.1) is 11.8 Å². The van der Waals surface area contributed by atoms with Crippen molar-refractivity contribution in [2.24, 2.45) is 5.92 Å². The van der Waals surface area contributed by atoms with Gasteiger partial charge >= 0.3 is 0 Å². The van der Waals surface area contributed by atoms with E-state index in [1.165, 1.54) is 6.07 Å². The Hall–Kier alpha value is -1.88. The van der Waals surface area contributed by atoms with Gasteiger partial charge in [0.1, 0.15) is 10.8 Å². The number of aromatic nitrogens is 1. The van der Waals surface area contributed by atoms with Crippen LogP contribution >= 0.6 is 11.8 Å². The number of amides is 1. The Bertz CT molecular complexity index is 721. The molecule has 0 spiro atoms. The van der Waals surface area contributed by atoms with Crippen molar-refractivity contribution in [3.63, 3.8) is 0 Å². The second-order valence-corrected chi connectivity index (χ2v) is 8.32. The number of nitrogens with zero attached hydrogens (tertiary/aromatic N) is 1. The zero-order valence-corrected chi connectivity index (χ0v) is 16.5. The van der Waals surface area contributed by atoms with Crippen molar-refractivity contribution in [1.29, 1.82) is 0 Å². The van der Waals surface area contributed by atoms with Gasteiger partial charge in [-0.2, -0.15) is 0 Å². The minimum atomic E-state index is -0.201. The Labute approximate surface area is 159 Å². The molecule has 0 saturated carbocycles. The van der Waals surface area contributed by atoms with Crippen LogP contribution in [0, 0.1) is 11.7 Å². The molecular formula is C21H27FN2OS. The summed E-state index contributed by atoms with van der Waals surface area (Å²) in [5, 5.41) is 4.00. The molecule has 0 radical (unpaired) electrons. The number of hydrogen-bond acceptors (Lipinski definition) is 3. The van der Waals surface area contributed by atoms with Gasteiger partial charge in [0.25, 0.3) is 5.91 Å². The zero-order chi connectivity index (χ0) is 18.9. The molecule has 1 unspecified atom stereocenters. The van der Waals surface area contributed by atoms with Crippen LogP contribution in [0.25, 0.3) is 0 Å². The van der Waals surface area contributed by atoms with Crippen molar-refractivity contribution in [2.45, 2.75) is 50.3 Å². The molecule has 0 bridgehead atoms. The number of rotatable bonds is 9. The smallest absolute Gasteiger partial charge is 0.254 e. The molecule has 1 heterocycles. The fourth-order valence-corrected chi connectivity index (χ4v) is 3.57. The number of aryl methyl sites for hydroxylation is 1. The van der Waals surface area contributed by atoms with Gasteiger partial charge in [-0.1, -0.05) is 32.9 Å². The maximum absolute atomic E-state index is 13.3. The highest BCUT2D eigenvalue weighted by Gasteiger charge is 2.15. The molecule has 0 aliphatic rings. The van der Waals surface area contributed by atoms with Gasteiger partial charge in [0.2, 0.25) is 0 Å². The molecule has 1 aromatic carbocycles. The number of pyridine rings is 1. The van der Waals surface area contributed by atoms with Crippen LogP contribution in [0.15, 0.2) is 47.6 Å². The summed E-state index contributed by atoms with van der Waals surface area (Å²) in [6.07, 6.45) is 4.36. The summed E-state index contributed by atoms with van der Waals surface area (Å²) < 4.78 is 13.3. The summed E-state index contributed by atoms with van der Waals surface area (Å²) in [7, 11) is 0. The van der Waals surface area contributed by atoms with Crippen molar-refractivity contribution in [2.75, 3.05) is 6.54 Å². The number of halogens is 1. The maximum Gasteiger partial charge on any atom is 0.254 e. The lowest BCUT2D eigenvalue weighted by Crippen LogP contribution is -2.26. The SMILES string of the molecule is CC(C)CCNC(=O)c1cccnc1SC(C)CCc1cccc(F)c1. The van der Waals surface area contributed by atoms with Gasteiger partial charge in [-0.25, -0.2) is 9.37 Å². The normalized spacial score (nSPS) is 12.2. The minimum Gasteiger partial charge on any atom is -0.352 e. The third-order valence-corrected chi connectivity index (χ3v) is 5.25. The Morgan fingerprint density at radius 3 is 2.73 bits per heavy atom. The molecule has 0 fully saturated rings. The summed E-state index contributed by atoms with van der Waals surface area (Å²) in [5.74, 6) is 0.285. The molecule has 1 atom stereocenters. The van der Waals surface area contributed by atoms with E-state index in [1.807, 2.05) is 12.1 Å². The van der Waals surface area contributed by atoms with Gasteiger partial charge in [0, 0.05) is 18.0 Å². The minimum absolute atomic E-state index is 0.0708. The predicted octanol–water partition coefficient (Wildman–Crippen LogP) is 5.11. The number of carbonyl (C=O) groups excluding carboxylic acids is 1. The Kier molecular flexibility index (Phi) is 8.10. The molecule has 5 heteroatoms. The van der Waals surface area contributed by atoms with Crippen molar-refractivity contribution in [3.8, 4) is 0 Å². The van der Waals surface area contributed by atoms with E-state index in [-0.39, 0.29) is 17.0 Å². The molecule has 1 amide bonds. The largest absolute Gasteiger partial charge is 0.352 e. The number of hydrogen-bond donors (Lipinski definition) is 1. The number of thioether (sulfide) groups is 1. The van der Waals surface area contributed by atoms with E-state index < -0.39 is 0 Å². The quantitative estimate of drug-likeness (QED) is 0.620. The molecule has 3 nitrogen and oxygen atoms in total. The molecule has 2 rings (SSSR count). The molecule has 140 valence electrons. The van der Waals surface area contributed by atoms with Gasteiger partial charge in [-0.3, -0.25) is 4.79 Å². The van der Waals surface area contributed by atoms with Crippen LogP contribution in [-0.4, -0.2) is 22.7 Å². The highest BCUT2D eigenvalue weighted by molar-refractivity contribution is 7.99. The third-order valence-electron chi connectivity index (χ3n) is 4.06. The van der Waals surface area contributed by atoms with Crippen molar-refractivity contribution in [1.82, 2.24) is 10.3 Å². The van der Waals surface area contributed by atoms with E-state index in [2.05, 4.69) is 31.1 Å². The van der Waals surface area contributed by atoms with E-state index in [4.69, 9.17) is 0 Å². The zero-order valence-electron chi connectivity index (χ0n) is 15.7. The molecule has 26 heavy (non-hydrogen) atoms. The highest BCUT2D eigenvalue weighted by atomic mass is 32.2. The first-order valence-electron chi connectivity index (χ1n) is 9.10. The average molecular weight is 375 g/mol. The van der Waals surface area contributed by atoms with Crippen LogP contribution < -0.4 is 5.32 Å². The Morgan fingerprint density at radius 1 is 1.19 bits per heavy atom. The molecule has 0 aliphatic heterocycles. The van der Waals surface area contributed by atoms with E-state index in [1.54, 1.807) is 36.2 Å². The van der Waals surface area contributed by atoms with Gasteiger partial charge in [-0.05, 0) is 55.0 Å². The fourth-order valence-electron chi connectivity index (χ4n) is 2.54. The monoisotopic (exact) mass is 374 g/mol. The Morgan fingerprint density at radius 2 is 2.00 bits per heavy atom.